The standard InChI is InChI=1S/C72H62N4/c1-40-25-44(5)69(45(6)26-40)52-17-21-58-59-22-18-53(70-46(7)27-41(2)28-47(70)8)34-64(59)75(63(58)33-52)67-39-74-68(37-62(67)57-16-14-13-15-56(57)38-73)76-65-35-54(71-48(9)29-42(3)30-49(71)10)19-23-60(65)61-24-20-55(36-66(61)76)72-50(11)31-43(4)32-51(72)12/h13-37,39H,1-12H3. The fourth-order valence-corrected chi connectivity index (χ4v) is 13.5. The molecular weight excluding hydrogens is 921 g/mol. The minimum absolute atomic E-state index is 0.599. The number of aryl methyl sites for hydroxylation is 12. The Kier molecular flexibility index (Phi) is 11.6. The van der Waals surface area contributed by atoms with Crippen LogP contribution in [0.25, 0.3) is 111 Å². The van der Waals surface area contributed by atoms with Crippen molar-refractivity contribution in [1.29, 1.82) is 5.26 Å². The molecule has 0 aliphatic rings. The van der Waals surface area contributed by atoms with E-state index in [9.17, 15) is 5.26 Å². The number of fused-ring (bicyclic) bond motifs is 6. The Bertz CT molecular complexity index is 4160. The summed E-state index contributed by atoms with van der Waals surface area (Å²) in [5.41, 5.74) is 32.2. The van der Waals surface area contributed by atoms with Crippen molar-refractivity contribution in [2.45, 2.75) is 83.1 Å². The summed E-state index contributed by atoms with van der Waals surface area (Å²) >= 11 is 0. The van der Waals surface area contributed by atoms with Crippen molar-refractivity contribution in [3.05, 3.63) is 230 Å². The van der Waals surface area contributed by atoms with Crippen LogP contribution in [0.5, 0.6) is 0 Å². The van der Waals surface area contributed by atoms with E-state index in [1.165, 1.54) is 100 Å². The molecule has 4 nitrogen and oxygen atoms in total. The van der Waals surface area contributed by atoms with Crippen molar-refractivity contribution in [2.75, 3.05) is 0 Å². The lowest BCUT2D eigenvalue weighted by Gasteiger charge is -2.19. The summed E-state index contributed by atoms with van der Waals surface area (Å²) in [6.07, 6.45) is 2.07. The highest BCUT2D eigenvalue weighted by molar-refractivity contribution is 6.13. The molecule has 0 bridgehead atoms. The van der Waals surface area contributed by atoms with Gasteiger partial charge in [-0.05, 0) is 208 Å². The molecule has 0 N–H and O–H groups in total. The maximum absolute atomic E-state index is 11.0. The van der Waals surface area contributed by atoms with Gasteiger partial charge in [0.25, 0.3) is 0 Å². The van der Waals surface area contributed by atoms with Gasteiger partial charge in [0.15, 0.2) is 0 Å². The second kappa shape index (κ2) is 18.3. The molecule has 0 aliphatic heterocycles. The Morgan fingerprint density at radius 2 is 0.658 bits per heavy atom. The predicted octanol–water partition coefficient (Wildman–Crippen LogP) is 19.2. The summed E-state index contributed by atoms with van der Waals surface area (Å²) in [6.45, 7) is 26.5. The first kappa shape index (κ1) is 48.2. The normalized spacial score (nSPS) is 11.7. The van der Waals surface area contributed by atoms with Crippen LogP contribution in [0, 0.1) is 94.4 Å². The Morgan fingerprint density at radius 3 is 0.987 bits per heavy atom. The highest BCUT2D eigenvalue weighted by Crippen LogP contribution is 2.44. The van der Waals surface area contributed by atoms with E-state index in [2.05, 4.69) is 238 Å². The SMILES string of the molecule is Cc1cc(C)c(-c2ccc3c4ccc(-c5c(C)cc(C)cc5C)cc4n(-c4cc(-c5ccccc5C#N)c(-n5c6cc(-c7c(C)cc(C)cc7C)ccc6c6ccc(-c7c(C)cc(C)cc7C)cc65)cn4)c3c2)c(C)c1. The first-order chi connectivity index (χ1) is 36.6. The molecule has 12 aromatic rings. The van der Waals surface area contributed by atoms with E-state index in [0.717, 1.165) is 77.4 Å². The highest BCUT2D eigenvalue weighted by Gasteiger charge is 2.24. The van der Waals surface area contributed by atoms with Gasteiger partial charge in [-0.3, -0.25) is 4.57 Å². The smallest absolute Gasteiger partial charge is 0.138 e. The quantitative estimate of drug-likeness (QED) is 0.160. The Morgan fingerprint density at radius 1 is 0.342 bits per heavy atom. The van der Waals surface area contributed by atoms with Gasteiger partial charge in [-0.2, -0.15) is 5.26 Å². The second-order valence-electron chi connectivity index (χ2n) is 21.9. The average molecular weight is 983 g/mol. The summed E-state index contributed by atoms with van der Waals surface area (Å²) < 4.78 is 4.79. The van der Waals surface area contributed by atoms with E-state index in [1.54, 1.807) is 0 Å². The van der Waals surface area contributed by atoms with Crippen molar-refractivity contribution in [3.63, 3.8) is 0 Å². The minimum atomic E-state index is 0.599. The zero-order valence-electron chi connectivity index (χ0n) is 45.8. The Balaban J connectivity index is 1.20. The molecule has 0 amide bonds. The predicted molar refractivity (Wildman–Crippen MR) is 322 cm³/mol. The number of nitriles is 1. The number of hydrogen-bond acceptors (Lipinski definition) is 2. The van der Waals surface area contributed by atoms with Crippen LogP contribution in [0.3, 0.4) is 0 Å². The molecule has 3 heterocycles. The van der Waals surface area contributed by atoms with Gasteiger partial charge in [0.1, 0.15) is 5.82 Å². The molecule has 0 spiro atoms. The Labute approximate surface area is 447 Å². The summed E-state index contributed by atoms with van der Waals surface area (Å²) in [5.74, 6) is 0.773. The summed E-state index contributed by atoms with van der Waals surface area (Å²) in [5, 5.41) is 15.6. The second-order valence-corrected chi connectivity index (χ2v) is 21.9. The van der Waals surface area contributed by atoms with Crippen LogP contribution in [-0.2, 0) is 0 Å². The number of benzene rings is 9. The van der Waals surface area contributed by atoms with Crippen LogP contribution < -0.4 is 0 Å². The first-order valence-corrected chi connectivity index (χ1v) is 26.6. The molecule has 0 unspecified atom stereocenters. The van der Waals surface area contributed by atoms with E-state index in [4.69, 9.17) is 4.98 Å². The number of rotatable bonds is 7. The number of pyridine rings is 1. The molecule has 370 valence electrons. The first-order valence-electron chi connectivity index (χ1n) is 26.6. The van der Waals surface area contributed by atoms with Crippen molar-refractivity contribution in [2.24, 2.45) is 0 Å². The van der Waals surface area contributed by atoms with E-state index in [0.29, 0.717) is 5.56 Å². The van der Waals surface area contributed by atoms with Crippen molar-refractivity contribution < 1.29 is 0 Å². The molecule has 0 aliphatic carbocycles. The summed E-state index contributed by atoms with van der Waals surface area (Å²) in [4.78, 5) is 5.63. The highest BCUT2D eigenvalue weighted by atomic mass is 15.1. The molecule has 76 heavy (non-hydrogen) atoms. The van der Waals surface area contributed by atoms with Crippen molar-refractivity contribution >= 4 is 43.6 Å². The molecule has 0 saturated carbocycles. The van der Waals surface area contributed by atoms with E-state index < -0.39 is 0 Å². The maximum atomic E-state index is 11.0. The molecule has 0 fully saturated rings. The zero-order chi connectivity index (χ0) is 53.0. The lowest BCUT2D eigenvalue weighted by molar-refractivity contribution is 1.06. The topological polar surface area (TPSA) is 46.5 Å². The van der Waals surface area contributed by atoms with Crippen molar-refractivity contribution in [3.8, 4) is 73.2 Å². The summed E-state index contributed by atoms with van der Waals surface area (Å²) in [6, 6.07) is 59.0. The van der Waals surface area contributed by atoms with Gasteiger partial charge in [0, 0.05) is 32.7 Å². The molecule has 0 atom stereocenters. The van der Waals surface area contributed by atoms with Crippen LogP contribution in [-0.4, -0.2) is 14.1 Å². The van der Waals surface area contributed by atoms with Crippen molar-refractivity contribution in [1.82, 2.24) is 14.1 Å². The third kappa shape index (κ3) is 7.84. The average Bonchev–Trinajstić information content (AvgIpc) is 3.96. The van der Waals surface area contributed by atoms with Gasteiger partial charge in [-0.15, -0.1) is 0 Å². The summed E-state index contributed by atoms with van der Waals surface area (Å²) in [7, 11) is 0. The number of hydrogen-bond donors (Lipinski definition) is 0. The number of nitrogens with zero attached hydrogens (tertiary/aromatic N) is 4. The van der Waals surface area contributed by atoms with E-state index in [1.807, 2.05) is 18.2 Å². The minimum Gasteiger partial charge on any atom is -0.307 e. The molecule has 3 aromatic heterocycles. The number of aromatic nitrogens is 3. The maximum Gasteiger partial charge on any atom is 0.138 e. The lowest BCUT2D eigenvalue weighted by atomic mass is 9.92. The van der Waals surface area contributed by atoms with Gasteiger partial charge in [0.05, 0.1) is 45.6 Å². The van der Waals surface area contributed by atoms with Gasteiger partial charge < -0.3 is 4.57 Å². The van der Waals surface area contributed by atoms with Gasteiger partial charge in [-0.25, -0.2) is 4.98 Å². The largest absolute Gasteiger partial charge is 0.307 e. The van der Waals surface area contributed by atoms with Crippen LogP contribution in [0.4, 0.5) is 0 Å². The van der Waals surface area contributed by atoms with Gasteiger partial charge in [-0.1, -0.05) is 138 Å². The fourth-order valence-electron chi connectivity index (χ4n) is 13.5. The zero-order valence-corrected chi connectivity index (χ0v) is 45.8. The van der Waals surface area contributed by atoms with Crippen LogP contribution in [0.1, 0.15) is 72.3 Å². The lowest BCUT2D eigenvalue weighted by Crippen LogP contribution is -2.04. The molecule has 0 saturated heterocycles. The van der Waals surface area contributed by atoms with E-state index >= 15 is 0 Å². The molecule has 12 rings (SSSR count). The Hall–Kier alpha value is -8.78. The molecule has 0 radical (unpaired) electrons. The van der Waals surface area contributed by atoms with Gasteiger partial charge >= 0.3 is 0 Å². The third-order valence-corrected chi connectivity index (χ3v) is 16.1. The fraction of sp³-hybridized carbons (Fsp3) is 0.167. The molecular formula is C72H62N4. The van der Waals surface area contributed by atoms with Gasteiger partial charge in [0.2, 0.25) is 0 Å². The van der Waals surface area contributed by atoms with Crippen LogP contribution in [0.15, 0.2) is 158 Å². The van der Waals surface area contributed by atoms with E-state index in [-0.39, 0.29) is 0 Å². The van der Waals surface area contributed by atoms with Crippen LogP contribution in [0.2, 0.25) is 0 Å². The van der Waals surface area contributed by atoms with Crippen LogP contribution >= 0.6 is 0 Å². The third-order valence-electron chi connectivity index (χ3n) is 16.1. The monoisotopic (exact) mass is 982 g/mol. The molecule has 9 aromatic carbocycles. The molecule has 4 heteroatoms.